The highest BCUT2D eigenvalue weighted by molar-refractivity contribution is 5.82. The molecule has 1 atom stereocenters. The third-order valence-corrected chi connectivity index (χ3v) is 7.67. The van der Waals surface area contributed by atoms with E-state index < -0.39 is 11.0 Å². The lowest BCUT2D eigenvalue weighted by Crippen LogP contribution is -2.58. The molecular weight excluding hydrogens is 362 g/mol. The minimum absolute atomic E-state index is 0.0179. The molecule has 0 heterocycles. The van der Waals surface area contributed by atoms with Crippen LogP contribution in [0.5, 0.6) is 0 Å². The Hall–Kier alpha value is -0.610. The van der Waals surface area contributed by atoms with E-state index in [1.54, 1.807) is 7.11 Å². The number of methoxy groups -OCH3 is 1. The fraction of sp³-hybridized carbons (Fsp3) is 0.960. The first-order valence-electron chi connectivity index (χ1n) is 11.3. The number of carbonyl (C=O) groups is 1. The largest absolute Gasteiger partial charge is 0.379 e. The van der Waals surface area contributed by atoms with E-state index in [9.17, 15) is 4.79 Å². The molecule has 0 saturated heterocycles. The molecule has 174 valence electrons. The van der Waals surface area contributed by atoms with Crippen LogP contribution in [0.4, 0.5) is 0 Å². The molecule has 4 nitrogen and oxygen atoms in total. The van der Waals surface area contributed by atoms with Gasteiger partial charge in [0.2, 0.25) is 5.91 Å². The Kier molecular flexibility index (Phi) is 9.92. The lowest BCUT2D eigenvalue weighted by Gasteiger charge is -2.51. The molecular formula is C25H51NO3. The molecule has 0 aromatic rings. The van der Waals surface area contributed by atoms with Crippen molar-refractivity contribution in [3.05, 3.63) is 0 Å². The number of hydrogen-bond acceptors (Lipinski definition) is 3. The van der Waals surface area contributed by atoms with Crippen LogP contribution in [-0.2, 0) is 14.3 Å². The predicted molar refractivity (Wildman–Crippen MR) is 124 cm³/mol. The molecule has 4 heteroatoms. The fourth-order valence-electron chi connectivity index (χ4n) is 4.18. The molecule has 0 spiro atoms. The monoisotopic (exact) mass is 413 g/mol. The van der Waals surface area contributed by atoms with Crippen molar-refractivity contribution in [3.63, 3.8) is 0 Å². The summed E-state index contributed by atoms with van der Waals surface area (Å²) in [6.45, 7) is 28.4. The third kappa shape index (κ3) is 7.24. The van der Waals surface area contributed by atoms with Crippen molar-refractivity contribution in [2.45, 2.75) is 114 Å². The fourth-order valence-corrected chi connectivity index (χ4v) is 4.18. The molecule has 0 saturated carbocycles. The van der Waals surface area contributed by atoms with E-state index in [1.807, 2.05) is 13.8 Å². The molecule has 0 aromatic carbocycles. The Morgan fingerprint density at radius 2 is 1.31 bits per heavy atom. The van der Waals surface area contributed by atoms with Gasteiger partial charge in [0.25, 0.3) is 0 Å². The second-order valence-corrected chi connectivity index (χ2v) is 11.7. The van der Waals surface area contributed by atoms with Crippen molar-refractivity contribution in [1.82, 2.24) is 5.32 Å². The van der Waals surface area contributed by atoms with E-state index in [0.29, 0.717) is 24.3 Å². The molecule has 1 N–H and O–H groups in total. The normalized spacial score (nSPS) is 15.3. The van der Waals surface area contributed by atoms with Crippen LogP contribution >= 0.6 is 0 Å². The van der Waals surface area contributed by atoms with Crippen LogP contribution in [0, 0.1) is 28.6 Å². The van der Waals surface area contributed by atoms with Crippen molar-refractivity contribution < 1.29 is 14.3 Å². The first-order chi connectivity index (χ1) is 12.8. The zero-order valence-corrected chi connectivity index (χ0v) is 21.9. The molecule has 0 aliphatic rings. The van der Waals surface area contributed by atoms with Crippen LogP contribution in [-0.4, -0.2) is 36.9 Å². The summed E-state index contributed by atoms with van der Waals surface area (Å²) >= 11 is 0. The van der Waals surface area contributed by atoms with Gasteiger partial charge >= 0.3 is 0 Å². The average molecular weight is 414 g/mol. The van der Waals surface area contributed by atoms with Crippen molar-refractivity contribution in [1.29, 1.82) is 0 Å². The summed E-state index contributed by atoms with van der Waals surface area (Å²) in [6, 6.07) is 0. The van der Waals surface area contributed by atoms with Crippen LogP contribution in [0.2, 0.25) is 0 Å². The third-order valence-electron chi connectivity index (χ3n) is 7.67. The summed E-state index contributed by atoms with van der Waals surface area (Å²) in [5, 5.41) is 3.25. The molecule has 0 bridgehead atoms. The van der Waals surface area contributed by atoms with Crippen LogP contribution in [0.3, 0.4) is 0 Å². The number of ether oxygens (including phenoxy) is 2. The maximum absolute atomic E-state index is 13.3. The number of amides is 1. The van der Waals surface area contributed by atoms with Crippen molar-refractivity contribution in [3.8, 4) is 0 Å². The van der Waals surface area contributed by atoms with Gasteiger partial charge in [-0.25, -0.2) is 0 Å². The Labute approximate surface area is 181 Å². The Morgan fingerprint density at radius 1 is 0.862 bits per heavy atom. The predicted octanol–water partition coefficient (Wildman–Crippen LogP) is 6.08. The van der Waals surface area contributed by atoms with E-state index in [4.69, 9.17) is 9.47 Å². The van der Waals surface area contributed by atoms with Crippen LogP contribution < -0.4 is 5.32 Å². The van der Waals surface area contributed by atoms with Crippen LogP contribution in [0.1, 0.15) is 96.4 Å². The van der Waals surface area contributed by atoms with E-state index >= 15 is 0 Å². The average Bonchev–Trinajstić information content (AvgIpc) is 2.52. The smallest absolute Gasteiger partial charge is 0.226 e. The first kappa shape index (κ1) is 28.4. The molecule has 29 heavy (non-hydrogen) atoms. The maximum atomic E-state index is 13.3. The van der Waals surface area contributed by atoms with Crippen molar-refractivity contribution in [2.24, 2.45) is 28.6 Å². The van der Waals surface area contributed by atoms with Crippen molar-refractivity contribution >= 4 is 5.91 Å². The van der Waals surface area contributed by atoms with Gasteiger partial charge < -0.3 is 14.8 Å². The second kappa shape index (κ2) is 10.1. The Morgan fingerprint density at radius 3 is 1.69 bits per heavy atom. The number of rotatable bonds is 12. The number of carbonyl (C=O) groups excluding carboxylic acids is 1. The highest BCUT2D eigenvalue weighted by Gasteiger charge is 2.53. The molecule has 0 aliphatic carbocycles. The van der Waals surface area contributed by atoms with Gasteiger partial charge in [-0.1, -0.05) is 55.4 Å². The lowest BCUT2D eigenvalue weighted by atomic mass is 9.59. The van der Waals surface area contributed by atoms with Crippen LogP contribution in [0.15, 0.2) is 0 Å². The summed E-state index contributed by atoms with van der Waals surface area (Å²) in [4.78, 5) is 13.3. The molecule has 1 amide bonds. The van der Waals surface area contributed by atoms with Gasteiger partial charge in [-0.05, 0) is 52.4 Å². The minimum atomic E-state index is -0.592. The van der Waals surface area contributed by atoms with E-state index in [1.165, 1.54) is 0 Å². The van der Waals surface area contributed by atoms with Crippen molar-refractivity contribution in [2.75, 3.05) is 13.7 Å². The molecule has 0 aromatic heterocycles. The van der Waals surface area contributed by atoms with Gasteiger partial charge in [0.05, 0.1) is 22.7 Å². The zero-order chi connectivity index (χ0) is 23.4. The summed E-state index contributed by atoms with van der Waals surface area (Å²) in [5.41, 5.74) is -1.71. The topological polar surface area (TPSA) is 47.6 Å². The van der Waals surface area contributed by atoms with E-state index in [0.717, 1.165) is 6.42 Å². The molecule has 0 fully saturated rings. The SMILES string of the molecule is COC(C)(C)CC(C)OC(C)(C)C(C)(C)C(C)(C)C(=O)NCC(C(C)C)C(C)C. The van der Waals surface area contributed by atoms with Gasteiger partial charge in [-0.2, -0.15) is 0 Å². The highest BCUT2D eigenvalue weighted by Crippen LogP contribution is 2.49. The minimum Gasteiger partial charge on any atom is -0.379 e. The standard InChI is InChI=1S/C25H51NO3/c1-17(2)20(18(3)4)16-26-21(27)23(8,9)24(10,11)25(12,13)29-19(5)15-22(6,7)28-14/h17-20H,15-16H2,1-14H3,(H,26,27). The molecule has 0 aliphatic heterocycles. The molecule has 1 unspecified atom stereocenters. The Balaban J connectivity index is 5.36. The summed E-state index contributed by atoms with van der Waals surface area (Å²) in [6.07, 6.45) is 0.810. The lowest BCUT2D eigenvalue weighted by molar-refractivity contribution is -0.186. The Bertz CT molecular complexity index is 510. The van der Waals surface area contributed by atoms with E-state index in [2.05, 4.69) is 81.5 Å². The number of nitrogens with one attached hydrogen (secondary N) is 1. The maximum Gasteiger partial charge on any atom is 0.226 e. The first-order valence-corrected chi connectivity index (χ1v) is 11.3. The molecule has 0 rings (SSSR count). The van der Waals surface area contributed by atoms with Gasteiger partial charge in [0.1, 0.15) is 0 Å². The van der Waals surface area contributed by atoms with Crippen LogP contribution in [0.25, 0.3) is 0 Å². The summed E-state index contributed by atoms with van der Waals surface area (Å²) in [7, 11) is 1.73. The van der Waals surface area contributed by atoms with Gasteiger partial charge in [-0.3, -0.25) is 4.79 Å². The zero-order valence-electron chi connectivity index (χ0n) is 21.9. The second-order valence-electron chi connectivity index (χ2n) is 11.7. The summed E-state index contributed by atoms with van der Waals surface area (Å²) < 4.78 is 12.1. The molecule has 0 radical (unpaired) electrons. The summed E-state index contributed by atoms with van der Waals surface area (Å²) in [5.74, 6) is 1.64. The highest BCUT2D eigenvalue weighted by atomic mass is 16.5. The number of hydrogen-bond donors (Lipinski definition) is 1. The van der Waals surface area contributed by atoms with Gasteiger partial charge in [0, 0.05) is 25.5 Å². The van der Waals surface area contributed by atoms with E-state index in [-0.39, 0.29) is 23.0 Å². The van der Waals surface area contributed by atoms with Gasteiger partial charge in [-0.15, -0.1) is 0 Å². The quantitative estimate of drug-likeness (QED) is 0.421. The van der Waals surface area contributed by atoms with Gasteiger partial charge in [0.15, 0.2) is 0 Å².